The molecule has 2 saturated heterocycles. The normalized spacial score (nSPS) is 12.1. The van der Waals surface area contributed by atoms with E-state index in [2.05, 4.69) is 10.3 Å². The number of hydrogen-bond acceptors (Lipinski definition) is 10. The van der Waals surface area contributed by atoms with Gasteiger partial charge in [-0.15, -0.1) is 5.10 Å². The smallest absolute Gasteiger partial charge is 0.343 e. The van der Waals surface area contributed by atoms with Crippen LogP contribution in [0.1, 0.15) is 157 Å². The minimum absolute atomic E-state index is 0. The summed E-state index contributed by atoms with van der Waals surface area (Å²) in [6, 6.07) is 20.5. The maximum absolute atomic E-state index is 12.9. The number of carbonyl (C=O) groups excluding carboxylic acids is 3. The van der Waals surface area contributed by atoms with Gasteiger partial charge in [0.1, 0.15) is 11.4 Å². The molecule has 0 N–H and O–H groups in total. The van der Waals surface area contributed by atoms with Gasteiger partial charge in [0.15, 0.2) is 23.3 Å². The van der Waals surface area contributed by atoms with E-state index in [1.54, 1.807) is 50.2 Å². The predicted octanol–water partition coefficient (Wildman–Crippen LogP) is 21.9. The maximum Gasteiger partial charge on any atom is 0.400 e. The van der Waals surface area contributed by atoms with Crippen LogP contribution in [0.25, 0.3) is 10.9 Å². The molecule has 2 aliphatic rings. The van der Waals surface area contributed by atoms with Crippen molar-refractivity contribution in [2.75, 3.05) is 19.6 Å². The summed E-state index contributed by atoms with van der Waals surface area (Å²) in [5, 5.41) is 30.3. The van der Waals surface area contributed by atoms with E-state index in [0.717, 1.165) is 62.4 Å². The first-order chi connectivity index (χ1) is 44.7. The highest BCUT2D eigenvalue weighted by Gasteiger charge is 2.55. The van der Waals surface area contributed by atoms with Gasteiger partial charge in [0.25, 0.3) is 16.9 Å². The highest BCUT2D eigenvalue weighted by atomic mass is 35.5. The highest BCUT2D eigenvalue weighted by Crippen LogP contribution is 2.44. The molecule has 2 fully saturated rings. The minimum atomic E-state index is -5.17. The molecule has 0 bridgehead atoms. The first kappa shape index (κ1) is 98.5. The first-order valence-electron chi connectivity index (χ1n) is 29.6. The van der Waals surface area contributed by atoms with Crippen LogP contribution in [0.4, 0.5) is 68.5 Å². The van der Waals surface area contributed by atoms with Crippen LogP contribution in [0.5, 0.6) is 0 Å². The van der Waals surface area contributed by atoms with Crippen LogP contribution in [0.2, 0.25) is 25.1 Å². The largest absolute Gasteiger partial charge is 0.400 e. The van der Waals surface area contributed by atoms with Gasteiger partial charge in [-0.2, -0.15) is 39.5 Å². The number of amides is 3. The summed E-state index contributed by atoms with van der Waals surface area (Å²) in [5.41, 5.74) is 3.46. The molecule has 0 spiro atoms. The molecule has 3 amide bonds. The van der Waals surface area contributed by atoms with Gasteiger partial charge in [-0.1, -0.05) is 163 Å². The summed E-state index contributed by atoms with van der Waals surface area (Å²) in [6.07, 6.45) is -10.5. The van der Waals surface area contributed by atoms with Crippen molar-refractivity contribution in [2.45, 2.75) is 187 Å². The minimum Gasteiger partial charge on any atom is -0.343 e. The molecule has 0 atom stereocenters. The molecule has 33 heteroatoms. The van der Waals surface area contributed by atoms with Gasteiger partial charge >= 0.3 is 18.5 Å². The monoisotopic (exact) mass is 1530 g/mol. The Morgan fingerprint density at radius 1 is 0.535 bits per heavy atom. The van der Waals surface area contributed by atoms with E-state index < -0.39 is 60.6 Å². The van der Waals surface area contributed by atoms with Crippen molar-refractivity contribution in [1.82, 2.24) is 24.8 Å². The van der Waals surface area contributed by atoms with Gasteiger partial charge in [0, 0.05) is 76.1 Å². The number of nitrogens with zero attached hydrogens (tertiary/aromatic N) is 7. The fourth-order valence-electron chi connectivity index (χ4n) is 8.09. The summed E-state index contributed by atoms with van der Waals surface area (Å²) in [6.45, 7) is 19.7. The molecular formula is C66H85Cl5F13N7O8. The number of aromatic nitrogens is 3. The number of benzene rings is 5. The van der Waals surface area contributed by atoms with E-state index in [1.807, 2.05) is 57.7 Å². The zero-order valence-corrected chi connectivity index (χ0v) is 57.6. The summed E-state index contributed by atoms with van der Waals surface area (Å²) >= 11 is 29.3. The van der Waals surface area contributed by atoms with Crippen molar-refractivity contribution in [3.05, 3.63) is 180 Å². The fourth-order valence-corrected chi connectivity index (χ4v) is 9.53. The maximum atomic E-state index is 12.9. The number of likely N-dealkylation sites (tertiary alicyclic amines) is 2. The number of fused-ring (bicyclic) bond motifs is 1. The molecule has 3 heterocycles. The third kappa shape index (κ3) is 33.0. The SMILES string of the molecule is C.C.C.CCC(C(F)(F)F)C(F)(F)F.CCCC(F)(F)F.CCN1C(=O)CCC1=O.CCN1CCCC1=O.CCc1c(C)c(F)c(F)c(F)c1F.CCc1c(Cl)c(Cl)c(Cl)c(Cl)c1Cl.CCc1ccc([N+](=O)[O-])cc1.CCc1cccc([N+](=O)[O-])c1.CCn1nnc2ccccc2c1=O. The van der Waals surface area contributed by atoms with E-state index in [1.165, 1.54) is 41.6 Å². The summed E-state index contributed by atoms with van der Waals surface area (Å²) < 4.78 is 154. The molecule has 0 saturated carbocycles. The second kappa shape index (κ2) is 48.0. The standard InChI is InChI=1S/C9H8F4.C9H9N3O.C8H5Cl5.2C8H9NO2.C6H9NO2.C6H11NO.C5H6F6.C4H7F3.3CH4/c1-3-5-4(2)6(10)8(12)9(13)7(5)11;1-2-12-9(13)7-5-3-4-6-8(7)10-11-12;1-2-3-4(9)6(11)8(13)7(12)5(3)10;1-2-7-3-5-8(6-4-7)9(10)11;1-2-7-4-3-5-8(6-7)9(10)11;1-2-7-5(8)3-4-6(7)9;1-2-7-5-3-4-6(7)8;1-2-3(4(6,7)8)5(9,10)11;1-2-3-4(5,6)7;;;/h3H2,1-2H3;3-6H,2H2,1H3;2H2,1H3;2*3-6H,2H2,1H3;2-4H2,1H3;2-5H2,1H3;3H,2H2,1H3;2-3H2,1H3;3*1H4. The van der Waals surface area contributed by atoms with Crippen molar-refractivity contribution in [1.29, 1.82) is 0 Å². The van der Waals surface area contributed by atoms with Gasteiger partial charge < -0.3 is 4.90 Å². The number of halogens is 18. The van der Waals surface area contributed by atoms with E-state index >= 15 is 0 Å². The molecule has 6 aromatic rings. The van der Waals surface area contributed by atoms with Crippen molar-refractivity contribution < 1.29 is 81.3 Å². The lowest BCUT2D eigenvalue weighted by Gasteiger charge is -2.20. The quantitative estimate of drug-likeness (QED) is 0.0301. The Morgan fingerprint density at radius 3 is 1.35 bits per heavy atom. The predicted molar refractivity (Wildman–Crippen MR) is 366 cm³/mol. The molecule has 8 rings (SSSR count). The van der Waals surface area contributed by atoms with Gasteiger partial charge in [0.05, 0.1) is 40.3 Å². The van der Waals surface area contributed by atoms with Crippen molar-refractivity contribution in [3.63, 3.8) is 0 Å². The number of hydrogen-bond donors (Lipinski definition) is 0. The lowest BCUT2D eigenvalue weighted by Crippen LogP contribution is -2.35. The first-order valence-corrected chi connectivity index (χ1v) is 31.5. The zero-order chi connectivity index (χ0) is 74.2. The molecule has 0 radical (unpaired) electrons. The van der Waals surface area contributed by atoms with E-state index in [0.29, 0.717) is 59.2 Å². The van der Waals surface area contributed by atoms with Crippen LogP contribution in [-0.4, -0.2) is 90.5 Å². The van der Waals surface area contributed by atoms with Crippen LogP contribution >= 0.6 is 58.0 Å². The number of alkyl halides is 9. The Labute approximate surface area is 593 Å². The highest BCUT2D eigenvalue weighted by molar-refractivity contribution is 6.55. The molecule has 558 valence electrons. The Bertz CT molecular complexity index is 3390. The van der Waals surface area contributed by atoms with Crippen LogP contribution in [0, 0.1) is 56.3 Å². The molecule has 1 aromatic heterocycles. The number of nitro groups is 2. The molecule has 0 aliphatic carbocycles. The van der Waals surface area contributed by atoms with E-state index in [9.17, 15) is 96.5 Å². The fraction of sp³-hybridized carbons (Fsp3) is 0.485. The Kier molecular flexibility index (Phi) is 47.8. The van der Waals surface area contributed by atoms with E-state index in [4.69, 9.17) is 58.0 Å². The molecule has 2 aliphatic heterocycles. The van der Waals surface area contributed by atoms with Crippen molar-refractivity contribution in [2.24, 2.45) is 5.92 Å². The van der Waals surface area contributed by atoms with Crippen LogP contribution in [0.15, 0.2) is 77.6 Å². The van der Waals surface area contributed by atoms with Crippen LogP contribution in [-0.2, 0) is 46.6 Å². The van der Waals surface area contributed by atoms with Gasteiger partial charge in [0.2, 0.25) is 17.7 Å². The second-order valence-electron chi connectivity index (χ2n) is 19.9. The number of aryl methyl sites for hydroxylation is 3. The number of nitro benzene ring substituents is 2. The molecule has 99 heavy (non-hydrogen) atoms. The van der Waals surface area contributed by atoms with Crippen LogP contribution < -0.4 is 5.56 Å². The average molecular weight is 1530 g/mol. The summed E-state index contributed by atoms with van der Waals surface area (Å²) in [5.74, 6) is -8.99. The average Bonchev–Trinajstić information content (AvgIpc) is 1.53. The van der Waals surface area contributed by atoms with Crippen molar-refractivity contribution >= 4 is 98.0 Å². The number of carbonyl (C=O) groups is 3. The lowest BCUT2D eigenvalue weighted by atomic mass is 10.0. The molecular weight excluding hydrogens is 1440 g/mol. The summed E-state index contributed by atoms with van der Waals surface area (Å²) in [7, 11) is 0. The molecule has 15 nitrogen and oxygen atoms in total. The number of imide groups is 1. The van der Waals surface area contributed by atoms with E-state index in [-0.39, 0.29) is 99.9 Å². The summed E-state index contributed by atoms with van der Waals surface area (Å²) in [4.78, 5) is 66.7. The van der Waals surface area contributed by atoms with Gasteiger partial charge in [-0.25, -0.2) is 22.2 Å². The molecule has 0 unspecified atom stereocenters. The van der Waals surface area contributed by atoms with Gasteiger partial charge in [-0.05, 0) is 113 Å². The lowest BCUT2D eigenvalue weighted by molar-refractivity contribution is -0.385. The zero-order valence-electron chi connectivity index (χ0n) is 53.8. The third-order valence-electron chi connectivity index (χ3n) is 13.4. The van der Waals surface area contributed by atoms with Gasteiger partial charge in [-0.3, -0.25) is 44.3 Å². The number of rotatable bonds is 11. The molecule has 5 aromatic carbocycles. The number of non-ortho nitro benzene ring substituents is 2. The topological polar surface area (TPSA) is 192 Å². The third-order valence-corrected chi connectivity index (χ3v) is 15.8. The Morgan fingerprint density at radius 2 is 1.01 bits per heavy atom. The van der Waals surface area contributed by atoms with Crippen LogP contribution in [0.3, 0.4) is 0 Å². The second-order valence-corrected chi connectivity index (χ2v) is 21.8. The Hall–Kier alpha value is -6.88. The van der Waals surface area contributed by atoms with Crippen molar-refractivity contribution in [3.8, 4) is 0 Å². The Balaban J connectivity index is -0.000000514.